The largest absolute Gasteiger partial charge is 0.326 e. The van der Waals surface area contributed by atoms with Gasteiger partial charge in [0.05, 0.1) is 6.21 Å². The van der Waals surface area contributed by atoms with E-state index < -0.39 is 0 Å². The van der Waals surface area contributed by atoms with Crippen LogP contribution in [0.1, 0.15) is 24.0 Å². The standard InChI is InChI=1S/C19H20ClN3O2S/c1-13-16(20)4-3-5-17(13)22-18(24)10-11-19(25)23-21-12-14-6-8-15(26-2)9-7-14/h3-9,12H,10-11H2,1-2H3,(H,22,24)(H,23,25)/b21-12-. The summed E-state index contributed by atoms with van der Waals surface area (Å²) < 4.78 is 0. The lowest BCUT2D eigenvalue weighted by Gasteiger charge is -2.09. The third kappa shape index (κ3) is 6.20. The fourth-order valence-corrected chi connectivity index (χ4v) is 2.69. The van der Waals surface area contributed by atoms with Crippen LogP contribution in [0.5, 0.6) is 0 Å². The molecule has 2 aromatic carbocycles. The fourth-order valence-electron chi connectivity index (χ4n) is 2.11. The van der Waals surface area contributed by atoms with Gasteiger partial charge in [-0.25, -0.2) is 5.43 Å². The first-order valence-electron chi connectivity index (χ1n) is 8.00. The first kappa shape index (κ1) is 20.0. The summed E-state index contributed by atoms with van der Waals surface area (Å²) in [6.07, 6.45) is 3.69. The van der Waals surface area contributed by atoms with Crippen molar-refractivity contribution in [1.29, 1.82) is 0 Å². The number of hydrogen-bond acceptors (Lipinski definition) is 4. The van der Waals surface area contributed by atoms with Crippen molar-refractivity contribution >= 4 is 47.1 Å². The van der Waals surface area contributed by atoms with Crippen LogP contribution in [-0.2, 0) is 9.59 Å². The predicted molar refractivity (Wildman–Crippen MR) is 108 cm³/mol. The molecule has 0 saturated carbocycles. The van der Waals surface area contributed by atoms with Crippen LogP contribution in [0.2, 0.25) is 5.02 Å². The van der Waals surface area contributed by atoms with Crippen molar-refractivity contribution in [2.45, 2.75) is 24.7 Å². The molecular formula is C19H20ClN3O2S. The first-order valence-corrected chi connectivity index (χ1v) is 9.61. The molecule has 0 unspecified atom stereocenters. The van der Waals surface area contributed by atoms with E-state index in [1.807, 2.05) is 37.4 Å². The smallest absolute Gasteiger partial charge is 0.240 e. The maximum absolute atomic E-state index is 12.0. The number of hydrazone groups is 1. The number of rotatable bonds is 7. The molecule has 0 bridgehead atoms. The van der Waals surface area contributed by atoms with Crippen LogP contribution >= 0.6 is 23.4 Å². The van der Waals surface area contributed by atoms with Gasteiger partial charge >= 0.3 is 0 Å². The Kier molecular flexibility index (Phi) is 7.69. The molecule has 2 aromatic rings. The monoisotopic (exact) mass is 389 g/mol. The van der Waals surface area contributed by atoms with Crippen LogP contribution in [0.15, 0.2) is 52.5 Å². The number of nitrogens with zero attached hydrogens (tertiary/aromatic N) is 1. The van der Waals surface area contributed by atoms with Gasteiger partial charge in [-0.2, -0.15) is 5.10 Å². The maximum Gasteiger partial charge on any atom is 0.240 e. The zero-order valence-electron chi connectivity index (χ0n) is 14.6. The molecular weight excluding hydrogens is 370 g/mol. The van der Waals surface area contributed by atoms with Gasteiger partial charge in [0.2, 0.25) is 11.8 Å². The number of carbonyl (C=O) groups is 2. The van der Waals surface area contributed by atoms with E-state index in [1.54, 1.807) is 36.2 Å². The third-order valence-corrected chi connectivity index (χ3v) is 4.79. The fraction of sp³-hybridized carbons (Fsp3) is 0.211. The Morgan fingerprint density at radius 3 is 2.50 bits per heavy atom. The van der Waals surface area contributed by atoms with Gasteiger partial charge in [-0.05, 0) is 48.6 Å². The van der Waals surface area contributed by atoms with E-state index in [2.05, 4.69) is 15.8 Å². The van der Waals surface area contributed by atoms with Crippen molar-refractivity contribution in [2.75, 3.05) is 11.6 Å². The minimum atomic E-state index is -0.319. The van der Waals surface area contributed by atoms with Crippen LogP contribution in [0, 0.1) is 6.92 Å². The SMILES string of the molecule is CSc1ccc(/C=N\NC(=O)CCC(=O)Nc2cccc(Cl)c2C)cc1. The molecule has 0 spiro atoms. The lowest BCUT2D eigenvalue weighted by molar-refractivity contribution is -0.124. The first-order chi connectivity index (χ1) is 12.5. The number of nitrogens with one attached hydrogen (secondary N) is 2. The maximum atomic E-state index is 12.0. The van der Waals surface area contributed by atoms with Crippen LogP contribution in [0.3, 0.4) is 0 Å². The number of anilines is 1. The lowest BCUT2D eigenvalue weighted by atomic mass is 10.2. The molecule has 0 fully saturated rings. The number of hydrogen-bond donors (Lipinski definition) is 2. The Hall–Kier alpha value is -2.31. The molecule has 0 aliphatic carbocycles. The molecule has 2 amide bonds. The Morgan fingerprint density at radius 2 is 1.81 bits per heavy atom. The molecule has 0 radical (unpaired) electrons. The molecule has 0 aliphatic rings. The second kappa shape index (κ2) is 9.99. The number of amides is 2. The van der Waals surface area contributed by atoms with E-state index in [9.17, 15) is 9.59 Å². The molecule has 0 atom stereocenters. The highest BCUT2D eigenvalue weighted by Gasteiger charge is 2.09. The average Bonchev–Trinajstić information content (AvgIpc) is 2.64. The molecule has 26 heavy (non-hydrogen) atoms. The van der Waals surface area contributed by atoms with Gasteiger partial charge in [-0.1, -0.05) is 29.8 Å². The second-order valence-corrected chi connectivity index (χ2v) is 6.81. The number of thioether (sulfide) groups is 1. The molecule has 136 valence electrons. The van der Waals surface area contributed by atoms with Gasteiger partial charge in [0, 0.05) is 28.4 Å². The quantitative estimate of drug-likeness (QED) is 0.422. The van der Waals surface area contributed by atoms with E-state index in [0.717, 1.165) is 16.0 Å². The Bertz CT molecular complexity index is 807. The Morgan fingerprint density at radius 1 is 1.12 bits per heavy atom. The van der Waals surface area contributed by atoms with Crippen molar-refractivity contribution in [3.8, 4) is 0 Å². The molecule has 0 saturated heterocycles. The summed E-state index contributed by atoms with van der Waals surface area (Å²) in [5, 5.41) is 7.24. The number of carbonyl (C=O) groups excluding carboxylic acids is 2. The summed E-state index contributed by atoms with van der Waals surface area (Å²) in [6.45, 7) is 1.82. The highest BCUT2D eigenvalue weighted by atomic mass is 35.5. The van der Waals surface area contributed by atoms with Gasteiger partial charge in [0.25, 0.3) is 0 Å². The van der Waals surface area contributed by atoms with Crippen molar-refractivity contribution in [2.24, 2.45) is 5.10 Å². The highest BCUT2D eigenvalue weighted by molar-refractivity contribution is 7.98. The van der Waals surface area contributed by atoms with E-state index >= 15 is 0 Å². The predicted octanol–water partition coefficient (Wildman–Crippen LogP) is 4.24. The summed E-state index contributed by atoms with van der Waals surface area (Å²) >= 11 is 7.68. The van der Waals surface area contributed by atoms with Gasteiger partial charge in [-0.3, -0.25) is 9.59 Å². The van der Waals surface area contributed by atoms with Gasteiger partial charge < -0.3 is 5.32 Å². The minimum absolute atomic E-state index is 0.0498. The molecule has 7 heteroatoms. The molecule has 2 N–H and O–H groups in total. The van der Waals surface area contributed by atoms with Crippen LogP contribution < -0.4 is 10.7 Å². The van der Waals surface area contributed by atoms with Gasteiger partial charge in [0.15, 0.2) is 0 Å². The van der Waals surface area contributed by atoms with E-state index in [4.69, 9.17) is 11.6 Å². The summed E-state index contributed by atoms with van der Waals surface area (Å²) in [6, 6.07) is 13.1. The van der Waals surface area contributed by atoms with Crippen molar-refractivity contribution in [3.05, 3.63) is 58.6 Å². The zero-order chi connectivity index (χ0) is 18.9. The van der Waals surface area contributed by atoms with E-state index in [-0.39, 0.29) is 24.7 Å². The number of halogens is 1. The molecule has 0 aliphatic heterocycles. The summed E-state index contributed by atoms with van der Waals surface area (Å²) in [4.78, 5) is 24.9. The molecule has 0 heterocycles. The normalized spacial score (nSPS) is 10.7. The molecule has 0 aromatic heterocycles. The van der Waals surface area contributed by atoms with Crippen molar-refractivity contribution in [1.82, 2.24) is 5.43 Å². The van der Waals surface area contributed by atoms with Crippen LogP contribution in [0.4, 0.5) is 5.69 Å². The van der Waals surface area contributed by atoms with Gasteiger partial charge in [-0.15, -0.1) is 11.8 Å². The lowest BCUT2D eigenvalue weighted by Crippen LogP contribution is -2.20. The molecule has 2 rings (SSSR count). The minimum Gasteiger partial charge on any atom is -0.326 e. The topological polar surface area (TPSA) is 70.6 Å². The van der Waals surface area contributed by atoms with E-state index in [0.29, 0.717) is 10.7 Å². The average molecular weight is 390 g/mol. The van der Waals surface area contributed by atoms with Gasteiger partial charge in [0.1, 0.15) is 0 Å². The second-order valence-electron chi connectivity index (χ2n) is 5.53. The summed E-state index contributed by atoms with van der Waals surface area (Å²) in [5.74, 6) is -0.567. The van der Waals surface area contributed by atoms with Crippen molar-refractivity contribution < 1.29 is 9.59 Å². The highest BCUT2D eigenvalue weighted by Crippen LogP contribution is 2.23. The molecule has 5 nitrogen and oxygen atoms in total. The van der Waals surface area contributed by atoms with Crippen molar-refractivity contribution in [3.63, 3.8) is 0 Å². The summed E-state index contributed by atoms with van der Waals surface area (Å²) in [7, 11) is 0. The number of benzene rings is 2. The Labute approximate surface area is 162 Å². The Balaban J connectivity index is 1.76. The third-order valence-electron chi connectivity index (χ3n) is 3.64. The van der Waals surface area contributed by atoms with E-state index in [1.165, 1.54) is 0 Å². The zero-order valence-corrected chi connectivity index (χ0v) is 16.2. The summed E-state index contributed by atoms with van der Waals surface area (Å²) in [5.41, 5.74) is 4.75. The van der Waals surface area contributed by atoms with Crippen LogP contribution in [-0.4, -0.2) is 24.3 Å². The van der Waals surface area contributed by atoms with Crippen LogP contribution in [0.25, 0.3) is 0 Å².